The number of anilines is 3. The second-order valence-corrected chi connectivity index (χ2v) is 16.8. The third-order valence-electron chi connectivity index (χ3n) is 13.4. The van der Waals surface area contributed by atoms with E-state index in [4.69, 9.17) is 0 Å². The van der Waals surface area contributed by atoms with Gasteiger partial charge in [0.1, 0.15) is 0 Å². The summed E-state index contributed by atoms with van der Waals surface area (Å²) in [6.07, 6.45) is 7.99. The van der Waals surface area contributed by atoms with E-state index >= 15 is 0 Å². The van der Waals surface area contributed by atoms with Gasteiger partial charge in [0.2, 0.25) is 0 Å². The fraction of sp³-hybridized carbons (Fsp3) is 0.103. The normalized spacial score (nSPS) is 16.4. The van der Waals surface area contributed by atoms with Crippen molar-refractivity contribution in [3.8, 4) is 33.4 Å². The van der Waals surface area contributed by atoms with Crippen LogP contribution in [-0.4, -0.2) is 0 Å². The highest BCUT2D eigenvalue weighted by Gasteiger charge is 2.52. The summed E-state index contributed by atoms with van der Waals surface area (Å²) in [5.74, 6) is 0.289. The van der Waals surface area contributed by atoms with Crippen molar-refractivity contribution >= 4 is 22.6 Å². The van der Waals surface area contributed by atoms with Crippen molar-refractivity contribution < 1.29 is 0 Å². The molecular weight excluding hydrogens is 711 g/mol. The third kappa shape index (κ3) is 5.45. The van der Waals surface area contributed by atoms with Crippen LogP contribution in [0.15, 0.2) is 218 Å². The van der Waals surface area contributed by atoms with E-state index in [-0.39, 0.29) is 16.7 Å². The second kappa shape index (κ2) is 13.9. The fourth-order valence-corrected chi connectivity index (χ4v) is 10.7. The van der Waals surface area contributed by atoms with E-state index in [9.17, 15) is 0 Å². The molecular formula is C58H45N. The average molecular weight is 756 g/mol. The zero-order valence-electron chi connectivity index (χ0n) is 33.5. The number of rotatable bonds is 7. The van der Waals surface area contributed by atoms with E-state index in [2.05, 4.69) is 237 Å². The van der Waals surface area contributed by atoms with Gasteiger partial charge < -0.3 is 4.90 Å². The van der Waals surface area contributed by atoms with Gasteiger partial charge in [0.15, 0.2) is 0 Å². The Balaban J connectivity index is 1.05. The van der Waals surface area contributed by atoms with Gasteiger partial charge in [-0.3, -0.25) is 0 Å². The molecule has 3 aliphatic carbocycles. The molecule has 0 heterocycles. The van der Waals surface area contributed by atoms with Gasteiger partial charge >= 0.3 is 0 Å². The minimum absolute atomic E-state index is 0.0993. The highest BCUT2D eigenvalue weighted by molar-refractivity contribution is 5.93. The first-order chi connectivity index (χ1) is 29.0. The average Bonchev–Trinajstić information content (AvgIpc) is 3.74. The molecule has 0 aromatic heterocycles. The van der Waals surface area contributed by atoms with Crippen molar-refractivity contribution in [2.45, 2.75) is 31.1 Å². The molecule has 0 spiro atoms. The molecule has 11 rings (SSSR count). The number of hydrogen-bond donors (Lipinski definition) is 0. The molecule has 8 aromatic carbocycles. The summed E-state index contributed by atoms with van der Waals surface area (Å²) in [4.78, 5) is 2.42. The van der Waals surface area contributed by atoms with Crippen molar-refractivity contribution in [3.63, 3.8) is 0 Å². The number of fused-ring (bicyclic) bond motifs is 6. The zero-order chi connectivity index (χ0) is 39.6. The van der Waals surface area contributed by atoms with Crippen LogP contribution in [0.25, 0.3) is 39.0 Å². The topological polar surface area (TPSA) is 3.24 Å². The smallest absolute Gasteiger partial charge is 0.0529 e. The summed E-state index contributed by atoms with van der Waals surface area (Å²) in [6, 6.07) is 74.3. The first kappa shape index (κ1) is 35.2. The molecule has 1 unspecified atom stereocenters. The summed E-state index contributed by atoms with van der Waals surface area (Å²) >= 11 is 0. The number of allylic oxidation sites excluding steroid dienone is 4. The van der Waals surface area contributed by atoms with Crippen LogP contribution in [0.2, 0.25) is 0 Å². The van der Waals surface area contributed by atoms with E-state index in [1.807, 2.05) is 0 Å². The molecule has 0 bridgehead atoms. The van der Waals surface area contributed by atoms with Crippen LogP contribution < -0.4 is 4.90 Å². The maximum absolute atomic E-state index is 2.42. The molecule has 1 atom stereocenters. The Hall–Kier alpha value is -6.96. The molecule has 0 N–H and O–H groups in total. The molecule has 3 aliphatic rings. The lowest BCUT2D eigenvalue weighted by molar-refractivity contribution is 0.484. The Morgan fingerprint density at radius 1 is 0.441 bits per heavy atom. The molecule has 59 heavy (non-hydrogen) atoms. The first-order valence-electron chi connectivity index (χ1n) is 21.0. The number of nitrogens with zero attached hydrogens (tertiary/aromatic N) is 1. The van der Waals surface area contributed by atoms with Crippen molar-refractivity contribution in [2.75, 3.05) is 4.90 Å². The van der Waals surface area contributed by atoms with E-state index in [0.717, 1.165) is 23.5 Å². The van der Waals surface area contributed by atoms with Crippen LogP contribution in [0.3, 0.4) is 0 Å². The maximum Gasteiger partial charge on any atom is 0.0529 e. The Morgan fingerprint density at radius 2 is 0.966 bits per heavy atom. The van der Waals surface area contributed by atoms with Crippen molar-refractivity contribution in [1.82, 2.24) is 0 Å². The first-order valence-corrected chi connectivity index (χ1v) is 21.0. The molecule has 0 radical (unpaired) electrons. The monoisotopic (exact) mass is 755 g/mol. The lowest BCUT2D eigenvalue weighted by Crippen LogP contribution is -2.34. The minimum Gasteiger partial charge on any atom is -0.310 e. The molecule has 0 saturated carbocycles. The molecule has 1 heteroatoms. The summed E-state index contributed by atoms with van der Waals surface area (Å²) in [7, 11) is 0. The van der Waals surface area contributed by atoms with Gasteiger partial charge in [-0.2, -0.15) is 0 Å². The SMILES string of the molecule is CC1(C)c2ccccc2-c2ccc(N(c3ccc(-c4ccccc4)cc3)c3ccc(-c4cccc5c4C4=CC=CCC4C5(c4ccccc4)c4ccccc4)cc3)cc21. The van der Waals surface area contributed by atoms with E-state index < -0.39 is 0 Å². The highest BCUT2D eigenvalue weighted by atomic mass is 15.1. The van der Waals surface area contributed by atoms with Crippen LogP contribution >= 0.6 is 0 Å². The molecule has 8 aromatic rings. The molecule has 0 aliphatic heterocycles. The van der Waals surface area contributed by atoms with Gasteiger partial charge in [-0.1, -0.05) is 196 Å². The molecule has 0 amide bonds. The van der Waals surface area contributed by atoms with Crippen LogP contribution in [0.5, 0.6) is 0 Å². The fourth-order valence-electron chi connectivity index (χ4n) is 10.7. The summed E-state index contributed by atoms with van der Waals surface area (Å²) in [5.41, 5.74) is 20.2. The van der Waals surface area contributed by atoms with Crippen molar-refractivity contribution in [2.24, 2.45) is 5.92 Å². The van der Waals surface area contributed by atoms with Crippen molar-refractivity contribution in [3.05, 3.63) is 252 Å². The van der Waals surface area contributed by atoms with E-state index in [1.165, 1.54) is 72.3 Å². The third-order valence-corrected chi connectivity index (χ3v) is 13.4. The molecule has 1 nitrogen and oxygen atoms in total. The zero-order valence-corrected chi connectivity index (χ0v) is 33.5. The van der Waals surface area contributed by atoms with Gasteiger partial charge in [0, 0.05) is 28.4 Å². The van der Waals surface area contributed by atoms with Gasteiger partial charge in [-0.05, 0) is 115 Å². The van der Waals surface area contributed by atoms with Gasteiger partial charge in [-0.15, -0.1) is 0 Å². The largest absolute Gasteiger partial charge is 0.310 e. The van der Waals surface area contributed by atoms with Crippen LogP contribution in [-0.2, 0) is 10.8 Å². The standard InChI is InChI=1S/C58H45N/c1-57(2)52-26-14-12-23-49(52)50-38-37-47(39-55(50)57)59(45-33-29-41(30-34-45)40-17-6-3-7-18-40)46-35-31-42(32-36-46)48-25-16-28-54-56(48)51-24-13-15-27-53(51)58(54,43-19-8-4-9-20-43)44-21-10-5-11-22-44/h3-26,28-39,53H,27H2,1-2H3. The van der Waals surface area contributed by atoms with Crippen LogP contribution in [0.4, 0.5) is 17.1 Å². The second-order valence-electron chi connectivity index (χ2n) is 16.8. The number of hydrogen-bond acceptors (Lipinski definition) is 1. The van der Waals surface area contributed by atoms with Crippen LogP contribution in [0.1, 0.15) is 53.6 Å². The molecule has 282 valence electrons. The highest BCUT2D eigenvalue weighted by Crippen LogP contribution is 2.61. The Bertz CT molecular complexity index is 2860. The predicted molar refractivity (Wildman–Crippen MR) is 248 cm³/mol. The Kier molecular flexibility index (Phi) is 8.27. The Labute approximate surface area is 348 Å². The van der Waals surface area contributed by atoms with E-state index in [1.54, 1.807) is 0 Å². The summed E-state index contributed by atoms with van der Waals surface area (Å²) in [6.45, 7) is 4.72. The lowest BCUT2D eigenvalue weighted by Gasteiger charge is -2.38. The summed E-state index contributed by atoms with van der Waals surface area (Å²) < 4.78 is 0. The summed E-state index contributed by atoms with van der Waals surface area (Å²) in [5, 5.41) is 0. The van der Waals surface area contributed by atoms with Gasteiger partial charge in [-0.25, -0.2) is 0 Å². The van der Waals surface area contributed by atoms with E-state index in [0.29, 0.717) is 0 Å². The maximum atomic E-state index is 2.42. The quantitative estimate of drug-likeness (QED) is 0.157. The van der Waals surface area contributed by atoms with Crippen molar-refractivity contribution in [1.29, 1.82) is 0 Å². The number of benzene rings is 8. The molecule has 0 fully saturated rings. The predicted octanol–water partition coefficient (Wildman–Crippen LogP) is 15.1. The Morgan fingerprint density at radius 3 is 1.64 bits per heavy atom. The lowest BCUT2D eigenvalue weighted by atomic mass is 9.63. The molecule has 0 saturated heterocycles. The van der Waals surface area contributed by atoms with Crippen LogP contribution in [0, 0.1) is 5.92 Å². The van der Waals surface area contributed by atoms with Gasteiger partial charge in [0.05, 0.1) is 5.41 Å². The van der Waals surface area contributed by atoms with Gasteiger partial charge in [0.25, 0.3) is 0 Å². The minimum atomic E-state index is -0.298.